The van der Waals surface area contributed by atoms with Gasteiger partial charge in [0.15, 0.2) is 4.34 Å². The topological polar surface area (TPSA) is 61.6 Å². The fraction of sp³-hybridized carbons (Fsp3) is 0.308. The van der Waals surface area contributed by atoms with Crippen LogP contribution in [-0.2, 0) is 6.54 Å². The van der Waals surface area contributed by atoms with Gasteiger partial charge in [0.2, 0.25) is 0 Å². The molecular weight excluding hydrogens is 276 g/mol. The minimum Gasteiger partial charge on any atom is -0.313 e. The van der Waals surface area contributed by atoms with E-state index in [0.29, 0.717) is 5.56 Å². The Kier molecular flexibility index (Phi) is 5.33. The van der Waals surface area contributed by atoms with Gasteiger partial charge in [-0.1, -0.05) is 36.1 Å². The Hall–Kier alpha value is -1.42. The van der Waals surface area contributed by atoms with Crippen molar-refractivity contribution in [3.05, 3.63) is 34.8 Å². The molecule has 0 aliphatic heterocycles. The SMILES string of the molecule is CCCNCc1ccc(Sc2nncs2)c(C#N)c1. The molecule has 1 aromatic heterocycles. The van der Waals surface area contributed by atoms with Gasteiger partial charge in [-0.25, -0.2) is 0 Å². The number of rotatable bonds is 6. The molecule has 2 aromatic rings. The van der Waals surface area contributed by atoms with Crippen molar-refractivity contribution in [3.63, 3.8) is 0 Å². The summed E-state index contributed by atoms with van der Waals surface area (Å²) in [6.45, 7) is 3.92. The number of aromatic nitrogens is 2. The lowest BCUT2D eigenvalue weighted by Gasteiger charge is -2.06. The molecule has 0 aliphatic rings. The Labute approximate surface area is 120 Å². The third-order valence-electron chi connectivity index (χ3n) is 2.46. The van der Waals surface area contributed by atoms with Crippen LogP contribution in [0.5, 0.6) is 0 Å². The van der Waals surface area contributed by atoms with Crippen LogP contribution in [0.15, 0.2) is 32.9 Å². The summed E-state index contributed by atoms with van der Waals surface area (Å²) in [7, 11) is 0. The monoisotopic (exact) mass is 290 g/mol. The van der Waals surface area contributed by atoms with Gasteiger partial charge in [0.05, 0.1) is 5.56 Å². The van der Waals surface area contributed by atoms with Crippen molar-refractivity contribution in [2.75, 3.05) is 6.54 Å². The maximum atomic E-state index is 9.23. The van der Waals surface area contributed by atoms with Gasteiger partial charge < -0.3 is 5.32 Å². The molecule has 0 atom stereocenters. The summed E-state index contributed by atoms with van der Waals surface area (Å²) in [5, 5.41) is 20.3. The van der Waals surface area contributed by atoms with Crippen LogP contribution in [-0.4, -0.2) is 16.7 Å². The average molecular weight is 290 g/mol. The highest BCUT2D eigenvalue weighted by molar-refractivity contribution is 8.01. The zero-order valence-corrected chi connectivity index (χ0v) is 12.2. The van der Waals surface area contributed by atoms with Crippen molar-refractivity contribution < 1.29 is 0 Å². The van der Waals surface area contributed by atoms with Crippen LogP contribution < -0.4 is 5.32 Å². The largest absolute Gasteiger partial charge is 0.313 e. The van der Waals surface area contributed by atoms with E-state index in [1.807, 2.05) is 18.2 Å². The van der Waals surface area contributed by atoms with Gasteiger partial charge in [0, 0.05) is 11.4 Å². The first-order valence-corrected chi connectivity index (χ1v) is 7.71. The smallest absolute Gasteiger partial charge is 0.178 e. The van der Waals surface area contributed by atoms with Gasteiger partial charge in [-0.2, -0.15) is 5.26 Å². The van der Waals surface area contributed by atoms with E-state index in [1.54, 1.807) is 5.51 Å². The molecule has 1 N–H and O–H groups in total. The molecule has 1 aromatic carbocycles. The van der Waals surface area contributed by atoms with Crippen molar-refractivity contribution in [1.29, 1.82) is 5.26 Å². The van der Waals surface area contributed by atoms with Crippen LogP contribution in [0, 0.1) is 11.3 Å². The quantitative estimate of drug-likeness (QED) is 0.828. The molecule has 0 radical (unpaired) electrons. The number of nitriles is 1. The first-order chi connectivity index (χ1) is 9.33. The predicted molar refractivity (Wildman–Crippen MR) is 77.2 cm³/mol. The van der Waals surface area contributed by atoms with Crippen LogP contribution in [0.2, 0.25) is 0 Å². The summed E-state index contributed by atoms with van der Waals surface area (Å²) >= 11 is 2.96. The lowest BCUT2D eigenvalue weighted by Crippen LogP contribution is -2.13. The first-order valence-electron chi connectivity index (χ1n) is 6.01. The van der Waals surface area contributed by atoms with Gasteiger partial charge in [0.25, 0.3) is 0 Å². The second kappa shape index (κ2) is 7.24. The van der Waals surface area contributed by atoms with Gasteiger partial charge in [-0.15, -0.1) is 10.2 Å². The molecule has 0 spiro atoms. The second-order valence-electron chi connectivity index (χ2n) is 3.93. The Bertz CT molecular complexity index is 561. The zero-order chi connectivity index (χ0) is 13.5. The molecule has 98 valence electrons. The van der Waals surface area contributed by atoms with E-state index in [1.165, 1.54) is 23.1 Å². The first kappa shape index (κ1) is 14.0. The summed E-state index contributed by atoms with van der Waals surface area (Å²) < 4.78 is 0.855. The highest BCUT2D eigenvalue weighted by Crippen LogP contribution is 2.31. The van der Waals surface area contributed by atoms with Crippen LogP contribution in [0.3, 0.4) is 0 Å². The molecular formula is C13H14N4S2. The van der Waals surface area contributed by atoms with Crippen LogP contribution in [0.1, 0.15) is 24.5 Å². The predicted octanol–water partition coefficient (Wildman–Crippen LogP) is 3.06. The summed E-state index contributed by atoms with van der Waals surface area (Å²) in [4.78, 5) is 0.929. The third kappa shape index (κ3) is 4.03. The molecule has 0 bridgehead atoms. The van der Waals surface area contributed by atoms with E-state index < -0.39 is 0 Å². The van der Waals surface area contributed by atoms with E-state index in [-0.39, 0.29) is 0 Å². The normalized spacial score (nSPS) is 10.3. The molecule has 6 heteroatoms. The van der Waals surface area contributed by atoms with E-state index in [4.69, 9.17) is 0 Å². The maximum absolute atomic E-state index is 9.23. The maximum Gasteiger partial charge on any atom is 0.178 e. The molecule has 0 aliphatic carbocycles. The van der Waals surface area contributed by atoms with Crippen molar-refractivity contribution in [3.8, 4) is 6.07 Å². The van der Waals surface area contributed by atoms with E-state index in [2.05, 4.69) is 28.5 Å². The Morgan fingerprint density at radius 1 is 1.47 bits per heavy atom. The number of hydrogen-bond acceptors (Lipinski definition) is 6. The molecule has 0 saturated heterocycles. The number of nitrogens with zero attached hydrogens (tertiary/aromatic N) is 3. The number of nitrogens with one attached hydrogen (secondary N) is 1. The lowest BCUT2D eigenvalue weighted by molar-refractivity contribution is 0.675. The summed E-state index contributed by atoms with van der Waals surface area (Å²) in [6, 6.07) is 8.21. The van der Waals surface area contributed by atoms with Gasteiger partial charge >= 0.3 is 0 Å². The standard InChI is InChI=1S/C13H14N4S2/c1-2-5-15-8-10-3-4-12(11(6-10)7-14)19-13-17-16-9-18-13/h3-4,6,9,15H,2,5,8H2,1H3. The molecule has 0 fully saturated rings. The molecule has 0 unspecified atom stereocenters. The highest BCUT2D eigenvalue weighted by Gasteiger charge is 2.07. The second-order valence-corrected chi connectivity index (χ2v) is 6.05. The molecule has 19 heavy (non-hydrogen) atoms. The van der Waals surface area contributed by atoms with Crippen molar-refractivity contribution in [1.82, 2.24) is 15.5 Å². The van der Waals surface area contributed by atoms with E-state index in [9.17, 15) is 5.26 Å². The summed E-state index contributed by atoms with van der Waals surface area (Å²) in [5.74, 6) is 0. The van der Waals surface area contributed by atoms with Crippen molar-refractivity contribution >= 4 is 23.1 Å². The van der Waals surface area contributed by atoms with E-state index in [0.717, 1.165) is 34.3 Å². The highest BCUT2D eigenvalue weighted by atomic mass is 32.2. The zero-order valence-electron chi connectivity index (χ0n) is 10.6. The fourth-order valence-electron chi connectivity index (χ4n) is 1.57. The van der Waals surface area contributed by atoms with Gasteiger partial charge in [0.1, 0.15) is 11.6 Å². The van der Waals surface area contributed by atoms with Crippen molar-refractivity contribution in [2.45, 2.75) is 29.1 Å². The fourth-order valence-corrected chi connectivity index (χ4v) is 3.07. The Balaban J connectivity index is 2.10. The number of benzene rings is 1. The minimum atomic E-state index is 0.691. The van der Waals surface area contributed by atoms with Gasteiger partial charge in [-0.05, 0) is 30.7 Å². The molecule has 2 rings (SSSR count). The Morgan fingerprint density at radius 2 is 2.37 bits per heavy atom. The van der Waals surface area contributed by atoms with Crippen LogP contribution >= 0.6 is 23.1 Å². The minimum absolute atomic E-state index is 0.691. The third-order valence-corrected chi connectivity index (χ3v) is 4.31. The molecule has 0 saturated carbocycles. The molecule has 1 heterocycles. The Morgan fingerprint density at radius 3 is 3.05 bits per heavy atom. The average Bonchev–Trinajstić information content (AvgIpc) is 2.93. The lowest BCUT2D eigenvalue weighted by atomic mass is 10.1. The number of hydrogen-bond donors (Lipinski definition) is 1. The van der Waals surface area contributed by atoms with Gasteiger partial charge in [-0.3, -0.25) is 0 Å². The van der Waals surface area contributed by atoms with E-state index >= 15 is 0 Å². The van der Waals surface area contributed by atoms with Crippen LogP contribution in [0.4, 0.5) is 0 Å². The van der Waals surface area contributed by atoms with Crippen molar-refractivity contribution in [2.24, 2.45) is 0 Å². The molecule has 4 nitrogen and oxygen atoms in total. The summed E-state index contributed by atoms with van der Waals surface area (Å²) in [6.07, 6.45) is 1.11. The molecule has 0 amide bonds. The van der Waals surface area contributed by atoms with Crippen LogP contribution in [0.25, 0.3) is 0 Å². The summed E-state index contributed by atoms with van der Waals surface area (Å²) in [5.41, 5.74) is 3.51.